The Balaban J connectivity index is 1.73. The molecule has 2 aliphatic carbocycles. The van der Waals surface area contributed by atoms with Gasteiger partial charge in [0, 0.05) is 29.6 Å². The zero-order valence-electron chi connectivity index (χ0n) is 17.1. The van der Waals surface area contributed by atoms with Crippen LogP contribution in [0.15, 0.2) is 23.3 Å². The van der Waals surface area contributed by atoms with Gasteiger partial charge < -0.3 is 19.3 Å². The lowest BCUT2D eigenvalue weighted by atomic mass is 9.46. The van der Waals surface area contributed by atoms with Crippen LogP contribution < -0.4 is 0 Å². The number of aliphatic hydroxyl groups is 1. The van der Waals surface area contributed by atoms with E-state index < -0.39 is 22.9 Å². The number of carbonyl (C=O) groups is 3. The van der Waals surface area contributed by atoms with Crippen LogP contribution in [0.2, 0.25) is 0 Å². The number of esters is 3. The van der Waals surface area contributed by atoms with Gasteiger partial charge in [0.15, 0.2) is 0 Å². The Labute approximate surface area is 170 Å². The number of rotatable bonds is 4. The van der Waals surface area contributed by atoms with Gasteiger partial charge in [0.05, 0.1) is 6.10 Å². The Bertz CT molecular complexity index is 812. The molecule has 0 radical (unpaired) electrons. The summed E-state index contributed by atoms with van der Waals surface area (Å²) >= 11 is 0. The fourth-order valence-electron chi connectivity index (χ4n) is 6.16. The maximum absolute atomic E-state index is 12.4. The molecule has 158 valence electrons. The fourth-order valence-corrected chi connectivity index (χ4v) is 6.16. The molecule has 4 rings (SSSR count). The van der Waals surface area contributed by atoms with Crippen LogP contribution in [0, 0.1) is 22.7 Å². The number of allylic oxidation sites excluding steroid dienone is 1. The van der Waals surface area contributed by atoms with E-state index in [1.807, 2.05) is 13.0 Å². The maximum Gasteiger partial charge on any atom is 0.334 e. The minimum Gasteiger partial charge on any atom is -0.462 e. The van der Waals surface area contributed by atoms with Crippen LogP contribution in [0.1, 0.15) is 46.5 Å². The van der Waals surface area contributed by atoms with Gasteiger partial charge in [-0.05, 0) is 42.9 Å². The zero-order valence-corrected chi connectivity index (χ0v) is 17.1. The Morgan fingerprint density at radius 2 is 2.14 bits per heavy atom. The van der Waals surface area contributed by atoms with E-state index in [9.17, 15) is 19.5 Å². The van der Waals surface area contributed by atoms with Gasteiger partial charge in [-0.2, -0.15) is 0 Å². The van der Waals surface area contributed by atoms with Crippen LogP contribution in [-0.2, 0) is 28.6 Å². The molecule has 1 saturated heterocycles. The van der Waals surface area contributed by atoms with Crippen molar-refractivity contribution in [2.45, 2.75) is 58.7 Å². The van der Waals surface area contributed by atoms with Crippen molar-refractivity contribution in [2.75, 3.05) is 13.2 Å². The van der Waals surface area contributed by atoms with Crippen LogP contribution in [-0.4, -0.2) is 48.4 Å². The van der Waals surface area contributed by atoms with E-state index in [0.717, 1.165) is 12.8 Å². The molecule has 6 atom stereocenters. The third-order valence-electron chi connectivity index (χ3n) is 7.71. The number of aliphatic hydroxyl groups excluding tert-OH is 1. The average molecular weight is 404 g/mol. The van der Waals surface area contributed by atoms with E-state index in [2.05, 4.69) is 6.92 Å². The molecule has 0 aromatic carbocycles. The second kappa shape index (κ2) is 6.97. The zero-order chi connectivity index (χ0) is 21.0. The Morgan fingerprint density at radius 1 is 1.38 bits per heavy atom. The second-order valence-corrected chi connectivity index (χ2v) is 9.17. The molecule has 2 aliphatic heterocycles. The molecule has 7 heteroatoms. The van der Waals surface area contributed by atoms with Crippen molar-refractivity contribution in [1.82, 2.24) is 0 Å². The third kappa shape index (κ3) is 3.10. The van der Waals surface area contributed by atoms with Gasteiger partial charge in [0.1, 0.15) is 19.3 Å². The highest BCUT2D eigenvalue weighted by Crippen LogP contribution is 2.64. The lowest BCUT2D eigenvalue weighted by Gasteiger charge is -2.58. The van der Waals surface area contributed by atoms with Gasteiger partial charge in [-0.15, -0.1) is 0 Å². The quantitative estimate of drug-likeness (QED) is 0.566. The maximum atomic E-state index is 12.4. The average Bonchev–Trinajstić information content (AvgIpc) is 3.23. The van der Waals surface area contributed by atoms with Crippen LogP contribution in [0.3, 0.4) is 0 Å². The number of cyclic esters (lactones) is 2. The van der Waals surface area contributed by atoms with Crippen LogP contribution in [0.4, 0.5) is 0 Å². The van der Waals surface area contributed by atoms with Crippen molar-refractivity contribution in [1.29, 1.82) is 0 Å². The topological polar surface area (TPSA) is 99.1 Å². The van der Waals surface area contributed by atoms with Crippen LogP contribution in [0.5, 0.6) is 0 Å². The number of hydrogen-bond donors (Lipinski definition) is 1. The van der Waals surface area contributed by atoms with Gasteiger partial charge in [0.2, 0.25) is 0 Å². The van der Waals surface area contributed by atoms with Crippen molar-refractivity contribution in [3.05, 3.63) is 23.3 Å². The Morgan fingerprint density at radius 3 is 2.79 bits per heavy atom. The molecule has 1 spiro atoms. The molecule has 1 saturated carbocycles. The lowest BCUT2D eigenvalue weighted by molar-refractivity contribution is -0.175. The Kier molecular flexibility index (Phi) is 4.84. The molecule has 4 aliphatic rings. The highest BCUT2D eigenvalue weighted by molar-refractivity contribution is 5.92. The van der Waals surface area contributed by atoms with E-state index in [1.165, 1.54) is 13.0 Å². The van der Waals surface area contributed by atoms with Crippen molar-refractivity contribution in [2.24, 2.45) is 22.7 Å². The first-order chi connectivity index (χ1) is 13.7. The van der Waals surface area contributed by atoms with E-state index in [0.29, 0.717) is 24.0 Å². The number of carbonyl (C=O) groups excluding carboxylic acids is 3. The normalized spacial score (nSPS) is 39.5. The predicted octanol–water partition coefficient (Wildman–Crippen LogP) is 2.08. The largest absolute Gasteiger partial charge is 0.462 e. The molecule has 7 nitrogen and oxygen atoms in total. The third-order valence-corrected chi connectivity index (χ3v) is 7.71. The Hall–Kier alpha value is -2.15. The summed E-state index contributed by atoms with van der Waals surface area (Å²) in [6.07, 6.45) is 4.69. The van der Waals surface area contributed by atoms with Crippen molar-refractivity contribution < 1.29 is 33.7 Å². The molecule has 0 amide bonds. The molecule has 1 N–H and O–H groups in total. The fraction of sp³-hybridized carbons (Fsp3) is 0.682. The molecule has 2 fully saturated rings. The summed E-state index contributed by atoms with van der Waals surface area (Å²) in [5.41, 5.74) is 0.319. The minimum atomic E-state index is -0.839. The molecular weight excluding hydrogens is 376 g/mol. The summed E-state index contributed by atoms with van der Waals surface area (Å²) in [6, 6.07) is 0. The first-order valence-corrected chi connectivity index (χ1v) is 10.3. The van der Waals surface area contributed by atoms with Crippen molar-refractivity contribution in [3.63, 3.8) is 0 Å². The van der Waals surface area contributed by atoms with Gasteiger partial charge in [-0.3, -0.25) is 4.79 Å². The number of hydrogen-bond acceptors (Lipinski definition) is 7. The summed E-state index contributed by atoms with van der Waals surface area (Å²) in [5, 5.41) is 10.9. The highest BCUT2D eigenvalue weighted by Gasteiger charge is 2.64. The first-order valence-electron chi connectivity index (χ1n) is 10.3. The van der Waals surface area contributed by atoms with E-state index in [1.54, 1.807) is 0 Å². The molecule has 0 bridgehead atoms. The predicted molar refractivity (Wildman–Crippen MR) is 101 cm³/mol. The summed E-state index contributed by atoms with van der Waals surface area (Å²) in [6.45, 7) is 5.92. The van der Waals surface area contributed by atoms with Crippen molar-refractivity contribution >= 4 is 17.9 Å². The summed E-state index contributed by atoms with van der Waals surface area (Å²) in [7, 11) is 0. The SMILES string of the molecule is CC(=O)OC1CC23COC(=O)C2=CCCC3C(C)(CC(O)C2=CC(=O)OC2)C1C. The number of ether oxygens (including phenoxy) is 3. The van der Waals surface area contributed by atoms with E-state index in [-0.39, 0.29) is 43.1 Å². The first kappa shape index (κ1) is 20.1. The summed E-state index contributed by atoms with van der Waals surface area (Å²) in [4.78, 5) is 35.7. The molecule has 6 unspecified atom stereocenters. The van der Waals surface area contributed by atoms with Gasteiger partial charge >= 0.3 is 17.9 Å². The van der Waals surface area contributed by atoms with E-state index >= 15 is 0 Å². The second-order valence-electron chi connectivity index (χ2n) is 9.17. The standard InChI is InChI=1S/C22H28O7/c1-12-17(29-13(2)23)9-22-11-28-20(26)15(22)5-4-6-18(22)21(12,3)8-16(24)14-7-19(25)27-10-14/h5,7,12,16-18,24H,4,6,8-11H2,1-3H3. The molecule has 2 heterocycles. The van der Waals surface area contributed by atoms with Crippen LogP contribution >= 0.6 is 0 Å². The highest BCUT2D eigenvalue weighted by atomic mass is 16.6. The van der Waals surface area contributed by atoms with E-state index in [4.69, 9.17) is 14.2 Å². The molecule has 29 heavy (non-hydrogen) atoms. The van der Waals surface area contributed by atoms with Gasteiger partial charge in [-0.25, -0.2) is 9.59 Å². The van der Waals surface area contributed by atoms with Crippen molar-refractivity contribution in [3.8, 4) is 0 Å². The molecule has 0 aromatic heterocycles. The van der Waals surface area contributed by atoms with Crippen LogP contribution in [0.25, 0.3) is 0 Å². The van der Waals surface area contributed by atoms with Gasteiger partial charge in [0.25, 0.3) is 0 Å². The summed E-state index contributed by atoms with van der Waals surface area (Å²) < 4.78 is 16.1. The summed E-state index contributed by atoms with van der Waals surface area (Å²) in [5.74, 6) is -1.02. The minimum absolute atomic E-state index is 0.0367. The lowest BCUT2D eigenvalue weighted by Crippen LogP contribution is -2.58. The monoisotopic (exact) mass is 404 g/mol. The molecular formula is C22H28O7. The molecule has 0 aromatic rings. The smallest absolute Gasteiger partial charge is 0.334 e. The van der Waals surface area contributed by atoms with Gasteiger partial charge in [-0.1, -0.05) is 19.9 Å².